The van der Waals surface area contributed by atoms with Crippen molar-refractivity contribution in [3.8, 4) is 34.3 Å². The highest BCUT2D eigenvalue weighted by Crippen LogP contribution is 2.40. The maximum Gasteiger partial charge on any atom is 0.248 e. The molecule has 238 valence electrons. The molecule has 4 aromatic carbocycles. The highest BCUT2D eigenvalue weighted by molar-refractivity contribution is 9.11. The Hall–Kier alpha value is -2.86. The van der Waals surface area contributed by atoms with Crippen LogP contribution in [0.5, 0.6) is 5.75 Å². The minimum Gasteiger partial charge on any atom is -0.494 e. The molecule has 0 amide bonds. The van der Waals surface area contributed by atoms with Gasteiger partial charge in [-0.25, -0.2) is 0 Å². The van der Waals surface area contributed by atoms with Crippen molar-refractivity contribution < 1.29 is 9.15 Å². The maximum atomic E-state index is 5.86. The Balaban J connectivity index is 0.000000192. The maximum absolute atomic E-state index is 5.86. The van der Waals surface area contributed by atoms with Gasteiger partial charge in [-0.1, -0.05) is 79.5 Å². The van der Waals surface area contributed by atoms with E-state index in [-0.39, 0.29) is 10.8 Å². The molecular formula is C35H33Br4N5O2. The Morgan fingerprint density at radius 1 is 0.630 bits per heavy atom. The summed E-state index contributed by atoms with van der Waals surface area (Å²) in [7, 11) is 1.71. The summed E-state index contributed by atoms with van der Waals surface area (Å²) in [4.78, 5) is 1.68. The van der Waals surface area contributed by atoms with Crippen LogP contribution in [-0.2, 0) is 10.8 Å². The zero-order valence-electron chi connectivity index (χ0n) is 26.5. The second kappa shape index (κ2) is 13.7. The van der Waals surface area contributed by atoms with Crippen molar-refractivity contribution in [2.24, 2.45) is 0 Å². The lowest BCUT2D eigenvalue weighted by molar-refractivity contribution is 0.392. The second-order valence-corrected chi connectivity index (χ2v) is 16.3. The first kappa shape index (κ1) is 34.5. The number of fused-ring (bicyclic) bond motifs is 1. The third-order valence-corrected chi connectivity index (χ3v) is 9.55. The SMILES string of the molecule is Brc1ccc(-c2nnc(-c3ccc(Br)cc3)o2)cc1.COc1c(-n2nc3c(Br)ccc(Br)c3n2)cc(C(C)(C)C)cc1C(C)(C)C. The van der Waals surface area contributed by atoms with Gasteiger partial charge in [0, 0.05) is 34.6 Å². The molecule has 0 aliphatic rings. The Labute approximate surface area is 302 Å². The molecule has 2 aromatic heterocycles. The Morgan fingerprint density at radius 3 is 1.48 bits per heavy atom. The zero-order chi connectivity index (χ0) is 33.4. The quantitative estimate of drug-likeness (QED) is 0.176. The summed E-state index contributed by atoms with van der Waals surface area (Å²) in [5.74, 6) is 1.85. The van der Waals surface area contributed by atoms with E-state index in [4.69, 9.17) is 19.4 Å². The van der Waals surface area contributed by atoms with Crippen LogP contribution < -0.4 is 4.74 Å². The minimum absolute atomic E-state index is 0.00519. The van der Waals surface area contributed by atoms with Crippen LogP contribution in [0.4, 0.5) is 0 Å². The van der Waals surface area contributed by atoms with E-state index in [9.17, 15) is 0 Å². The van der Waals surface area contributed by atoms with Gasteiger partial charge in [0.05, 0.1) is 7.11 Å². The summed E-state index contributed by atoms with van der Waals surface area (Å²) in [6, 6.07) is 23.8. The number of halogens is 4. The van der Waals surface area contributed by atoms with Gasteiger partial charge in [-0.05, 0) is 115 Å². The average molecular weight is 875 g/mol. The number of rotatable bonds is 4. The Morgan fingerprint density at radius 2 is 1.09 bits per heavy atom. The number of benzene rings is 4. The normalized spacial score (nSPS) is 11.8. The smallest absolute Gasteiger partial charge is 0.248 e. The molecule has 0 bridgehead atoms. The number of methoxy groups -OCH3 is 1. The molecule has 0 atom stereocenters. The molecule has 6 rings (SSSR count). The van der Waals surface area contributed by atoms with Gasteiger partial charge in [0.15, 0.2) is 0 Å². The van der Waals surface area contributed by atoms with Crippen LogP contribution in [0.25, 0.3) is 39.6 Å². The van der Waals surface area contributed by atoms with Gasteiger partial charge in [-0.2, -0.15) is 0 Å². The van der Waals surface area contributed by atoms with Gasteiger partial charge in [-0.3, -0.25) is 0 Å². The van der Waals surface area contributed by atoms with E-state index in [0.717, 1.165) is 57.1 Å². The molecule has 0 spiro atoms. The van der Waals surface area contributed by atoms with Gasteiger partial charge in [0.2, 0.25) is 11.8 Å². The van der Waals surface area contributed by atoms with Crippen LogP contribution in [-0.4, -0.2) is 32.3 Å². The van der Waals surface area contributed by atoms with Crippen LogP contribution in [0.15, 0.2) is 95.1 Å². The monoisotopic (exact) mass is 871 g/mol. The topological polar surface area (TPSA) is 78.9 Å². The molecule has 6 aromatic rings. The lowest BCUT2D eigenvalue weighted by Crippen LogP contribution is -2.19. The fourth-order valence-electron chi connectivity index (χ4n) is 4.65. The highest BCUT2D eigenvalue weighted by Gasteiger charge is 2.27. The van der Waals surface area contributed by atoms with Gasteiger partial charge < -0.3 is 9.15 Å². The van der Waals surface area contributed by atoms with Crippen molar-refractivity contribution in [1.82, 2.24) is 25.2 Å². The molecule has 2 heterocycles. The van der Waals surface area contributed by atoms with Gasteiger partial charge >= 0.3 is 0 Å². The first-order valence-electron chi connectivity index (χ1n) is 14.5. The summed E-state index contributed by atoms with van der Waals surface area (Å²) in [5.41, 5.74) is 6.57. The number of nitrogens with zero attached hydrogens (tertiary/aromatic N) is 5. The van der Waals surface area contributed by atoms with Crippen molar-refractivity contribution in [3.05, 3.63) is 102 Å². The summed E-state index contributed by atoms with van der Waals surface area (Å²) >= 11 is 13.9. The van der Waals surface area contributed by atoms with Crippen molar-refractivity contribution in [3.63, 3.8) is 0 Å². The summed E-state index contributed by atoms with van der Waals surface area (Å²) in [6.07, 6.45) is 0. The summed E-state index contributed by atoms with van der Waals surface area (Å²) in [6.45, 7) is 13.2. The van der Waals surface area contributed by atoms with Gasteiger partial charge in [0.25, 0.3) is 0 Å². The van der Waals surface area contributed by atoms with Crippen LogP contribution in [0.2, 0.25) is 0 Å². The van der Waals surface area contributed by atoms with Crippen LogP contribution in [0.3, 0.4) is 0 Å². The lowest BCUT2D eigenvalue weighted by Gasteiger charge is -2.28. The molecular weight excluding hydrogens is 842 g/mol. The molecule has 0 fully saturated rings. The number of ether oxygens (including phenoxy) is 1. The predicted octanol–water partition coefficient (Wildman–Crippen LogP) is 11.5. The summed E-state index contributed by atoms with van der Waals surface area (Å²) in [5, 5.41) is 17.6. The van der Waals surface area contributed by atoms with E-state index in [1.165, 1.54) is 5.56 Å². The van der Waals surface area contributed by atoms with Crippen molar-refractivity contribution >= 4 is 74.8 Å². The second-order valence-electron chi connectivity index (χ2n) is 12.7. The third kappa shape index (κ3) is 7.64. The van der Waals surface area contributed by atoms with Crippen molar-refractivity contribution in [2.45, 2.75) is 52.4 Å². The largest absolute Gasteiger partial charge is 0.494 e. The summed E-state index contributed by atoms with van der Waals surface area (Å²) < 4.78 is 15.4. The number of aromatic nitrogens is 5. The Kier molecular flexibility index (Phi) is 10.3. The van der Waals surface area contributed by atoms with Gasteiger partial charge in [0.1, 0.15) is 22.5 Å². The van der Waals surface area contributed by atoms with Crippen molar-refractivity contribution in [1.29, 1.82) is 0 Å². The van der Waals surface area contributed by atoms with E-state index in [1.807, 2.05) is 60.7 Å². The van der Waals surface area contributed by atoms with Crippen LogP contribution in [0, 0.1) is 0 Å². The lowest BCUT2D eigenvalue weighted by atomic mass is 9.79. The van der Waals surface area contributed by atoms with Crippen LogP contribution >= 0.6 is 63.7 Å². The third-order valence-electron chi connectivity index (χ3n) is 7.21. The van der Waals surface area contributed by atoms with E-state index in [0.29, 0.717) is 11.8 Å². The first-order chi connectivity index (χ1) is 21.7. The molecule has 7 nitrogen and oxygen atoms in total. The minimum atomic E-state index is -0.0743. The molecule has 0 aliphatic carbocycles. The van der Waals surface area contributed by atoms with E-state index >= 15 is 0 Å². The molecule has 46 heavy (non-hydrogen) atoms. The molecule has 0 N–H and O–H groups in total. The highest BCUT2D eigenvalue weighted by atomic mass is 79.9. The Bertz CT molecular complexity index is 1890. The van der Waals surface area contributed by atoms with Crippen LogP contribution in [0.1, 0.15) is 52.7 Å². The zero-order valence-corrected chi connectivity index (χ0v) is 32.8. The van der Waals surface area contributed by atoms with E-state index in [1.54, 1.807) is 11.9 Å². The molecule has 0 aliphatic heterocycles. The van der Waals surface area contributed by atoms with Crippen molar-refractivity contribution in [2.75, 3.05) is 7.11 Å². The van der Waals surface area contributed by atoms with Gasteiger partial charge in [-0.15, -0.1) is 25.2 Å². The fourth-order valence-corrected chi connectivity index (χ4v) is 5.98. The molecule has 11 heteroatoms. The number of hydrogen-bond donors (Lipinski definition) is 0. The molecule has 0 saturated carbocycles. The molecule has 0 radical (unpaired) electrons. The first-order valence-corrected chi connectivity index (χ1v) is 17.6. The molecule has 0 unspecified atom stereocenters. The standard InChI is InChI=1S/C21H25Br2N3O.C14H8Br2N2O/c1-20(2,3)12-10-13(21(4,5)6)19(27-7)16(11-12)26-24-17-14(22)8-9-15(23)18(17)25-26;15-11-5-1-9(2-6-11)13-17-18-14(19-13)10-3-7-12(16)8-4-10/h8-11H,1-7H3;1-8H. The average Bonchev–Trinajstić information content (AvgIpc) is 3.68. The predicted molar refractivity (Wildman–Crippen MR) is 199 cm³/mol. The van der Waals surface area contributed by atoms with E-state index in [2.05, 4.69) is 128 Å². The molecule has 0 saturated heterocycles. The fraction of sp³-hybridized carbons (Fsp3) is 0.257. The van der Waals surface area contributed by atoms with E-state index < -0.39 is 0 Å². The number of hydrogen-bond acceptors (Lipinski definition) is 6.